The third-order valence-electron chi connectivity index (χ3n) is 5.54. The Kier molecular flexibility index (Phi) is 6.79. The van der Waals surface area contributed by atoms with Gasteiger partial charge < -0.3 is 19.5 Å². The first-order valence-electron chi connectivity index (χ1n) is 10.7. The highest BCUT2D eigenvalue weighted by Gasteiger charge is 2.27. The van der Waals surface area contributed by atoms with Gasteiger partial charge in [0.15, 0.2) is 5.96 Å². The van der Waals surface area contributed by atoms with Crippen LogP contribution in [0, 0.1) is 5.92 Å². The van der Waals surface area contributed by atoms with Gasteiger partial charge in [-0.25, -0.2) is 9.98 Å². The van der Waals surface area contributed by atoms with Crippen LogP contribution in [0.2, 0.25) is 0 Å². The number of likely N-dealkylation sites (tertiary alicyclic amines) is 2. The van der Waals surface area contributed by atoms with Crippen LogP contribution >= 0.6 is 0 Å². The van der Waals surface area contributed by atoms with Gasteiger partial charge in [0.25, 0.3) is 0 Å². The number of hydrogen-bond donors (Lipinski definition) is 1. The first kappa shape index (κ1) is 20.2. The fraction of sp³-hybridized carbons (Fsp3) is 0.810. The van der Waals surface area contributed by atoms with Crippen molar-refractivity contribution in [1.82, 2.24) is 20.1 Å². The number of aliphatic imine (C=N–C) groups is 1. The molecule has 152 valence electrons. The molecule has 0 aromatic carbocycles. The highest BCUT2D eigenvalue weighted by Crippen LogP contribution is 2.23. The Morgan fingerprint density at radius 1 is 1.26 bits per heavy atom. The zero-order valence-corrected chi connectivity index (χ0v) is 17.6. The maximum atomic E-state index is 5.89. The van der Waals surface area contributed by atoms with Crippen LogP contribution in [-0.2, 0) is 12.0 Å². The summed E-state index contributed by atoms with van der Waals surface area (Å²) >= 11 is 0. The molecule has 1 unspecified atom stereocenters. The molecular formula is C21H37N5O. The molecule has 3 rings (SSSR count). The number of guanidine groups is 1. The summed E-state index contributed by atoms with van der Waals surface area (Å²) in [5.74, 6) is 3.36. The minimum Gasteiger partial charge on any atom is -0.443 e. The number of piperidine rings is 1. The second-order valence-corrected chi connectivity index (χ2v) is 9.00. The molecule has 2 saturated heterocycles. The van der Waals surface area contributed by atoms with Gasteiger partial charge in [0.1, 0.15) is 12.3 Å². The molecule has 1 N–H and O–H groups in total. The van der Waals surface area contributed by atoms with Crippen molar-refractivity contribution < 1.29 is 4.42 Å². The van der Waals surface area contributed by atoms with Crippen molar-refractivity contribution in [3.05, 3.63) is 17.8 Å². The number of nitrogens with one attached hydrogen (secondary N) is 1. The van der Waals surface area contributed by atoms with E-state index in [2.05, 4.69) is 47.8 Å². The Labute approximate surface area is 164 Å². The third-order valence-corrected chi connectivity index (χ3v) is 5.54. The molecule has 0 saturated carbocycles. The van der Waals surface area contributed by atoms with Gasteiger partial charge in [0, 0.05) is 31.6 Å². The number of nitrogens with zero attached hydrogens (tertiary/aromatic N) is 4. The molecule has 0 spiro atoms. The second-order valence-electron chi connectivity index (χ2n) is 9.00. The Morgan fingerprint density at radius 2 is 2.04 bits per heavy atom. The number of hydrogen-bond acceptors (Lipinski definition) is 4. The summed E-state index contributed by atoms with van der Waals surface area (Å²) in [6.45, 7) is 15.9. The summed E-state index contributed by atoms with van der Waals surface area (Å²) in [7, 11) is 0. The lowest BCUT2D eigenvalue weighted by molar-refractivity contribution is 0.198. The summed E-state index contributed by atoms with van der Waals surface area (Å²) in [5, 5.41) is 3.45. The lowest BCUT2D eigenvalue weighted by atomic mass is 9.94. The number of oxazole rings is 1. The lowest BCUT2D eigenvalue weighted by Gasteiger charge is -2.29. The highest BCUT2D eigenvalue weighted by atomic mass is 16.4. The minimum absolute atomic E-state index is 0.0178. The fourth-order valence-corrected chi connectivity index (χ4v) is 3.98. The van der Waals surface area contributed by atoms with Crippen molar-refractivity contribution in [1.29, 1.82) is 0 Å². The molecule has 3 heterocycles. The van der Waals surface area contributed by atoms with E-state index < -0.39 is 0 Å². The average molecular weight is 376 g/mol. The molecule has 6 nitrogen and oxygen atoms in total. The molecule has 0 amide bonds. The van der Waals surface area contributed by atoms with Gasteiger partial charge in [0.2, 0.25) is 5.89 Å². The van der Waals surface area contributed by atoms with Crippen LogP contribution in [-0.4, -0.2) is 60.0 Å². The zero-order valence-electron chi connectivity index (χ0n) is 17.6. The number of aromatic nitrogens is 1. The molecule has 2 aliphatic rings. The quantitative estimate of drug-likeness (QED) is 0.632. The van der Waals surface area contributed by atoms with Gasteiger partial charge in [0.05, 0.1) is 6.20 Å². The molecule has 1 aromatic rings. The molecule has 2 aliphatic heterocycles. The standard InChI is InChI=1S/C21H37N5O/c1-5-22-20(24-14-19-23-13-18(27-19)21(2,3)4)26-12-9-17(16-26)15-25-10-7-6-8-11-25/h13,17H,5-12,14-16H2,1-4H3,(H,22,24). The van der Waals surface area contributed by atoms with E-state index in [0.717, 1.165) is 37.3 Å². The van der Waals surface area contributed by atoms with E-state index in [9.17, 15) is 0 Å². The Morgan fingerprint density at radius 3 is 2.70 bits per heavy atom. The van der Waals surface area contributed by atoms with Crippen molar-refractivity contribution in [3.63, 3.8) is 0 Å². The highest BCUT2D eigenvalue weighted by molar-refractivity contribution is 5.80. The Hall–Kier alpha value is -1.56. The predicted molar refractivity (Wildman–Crippen MR) is 110 cm³/mol. The van der Waals surface area contributed by atoms with E-state index in [1.165, 1.54) is 45.3 Å². The van der Waals surface area contributed by atoms with E-state index in [4.69, 9.17) is 9.41 Å². The van der Waals surface area contributed by atoms with Gasteiger partial charge in [-0.2, -0.15) is 0 Å². The first-order valence-corrected chi connectivity index (χ1v) is 10.7. The molecule has 27 heavy (non-hydrogen) atoms. The maximum Gasteiger partial charge on any atom is 0.216 e. The zero-order chi connectivity index (χ0) is 19.3. The molecule has 2 fully saturated rings. The van der Waals surface area contributed by atoms with Gasteiger partial charge in [-0.3, -0.25) is 0 Å². The minimum atomic E-state index is -0.0178. The van der Waals surface area contributed by atoms with Gasteiger partial charge in [-0.15, -0.1) is 0 Å². The monoisotopic (exact) mass is 375 g/mol. The second kappa shape index (κ2) is 9.09. The van der Waals surface area contributed by atoms with E-state index in [0.29, 0.717) is 12.4 Å². The van der Waals surface area contributed by atoms with Crippen LogP contribution in [0.3, 0.4) is 0 Å². The van der Waals surface area contributed by atoms with Crippen LogP contribution in [0.5, 0.6) is 0 Å². The van der Waals surface area contributed by atoms with Crippen LogP contribution in [0.4, 0.5) is 0 Å². The van der Waals surface area contributed by atoms with Crippen LogP contribution < -0.4 is 5.32 Å². The Bertz CT molecular complexity index is 612. The third kappa shape index (κ3) is 5.71. The topological polar surface area (TPSA) is 56.9 Å². The Balaban J connectivity index is 1.56. The van der Waals surface area contributed by atoms with Gasteiger partial charge in [-0.1, -0.05) is 27.2 Å². The largest absolute Gasteiger partial charge is 0.443 e. The maximum absolute atomic E-state index is 5.89. The van der Waals surface area contributed by atoms with Gasteiger partial charge >= 0.3 is 0 Å². The molecule has 6 heteroatoms. The number of rotatable bonds is 5. The van der Waals surface area contributed by atoms with Crippen LogP contribution in [0.25, 0.3) is 0 Å². The first-order chi connectivity index (χ1) is 13.0. The summed E-state index contributed by atoms with van der Waals surface area (Å²) in [6, 6.07) is 0. The van der Waals surface area contributed by atoms with Crippen LogP contribution in [0.1, 0.15) is 65.0 Å². The molecule has 0 aliphatic carbocycles. The van der Waals surface area contributed by atoms with Gasteiger partial charge in [-0.05, 0) is 45.2 Å². The summed E-state index contributed by atoms with van der Waals surface area (Å²) in [6.07, 6.45) is 7.24. The molecule has 0 radical (unpaired) electrons. The van der Waals surface area contributed by atoms with E-state index in [1.807, 2.05) is 6.20 Å². The van der Waals surface area contributed by atoms with Crippen molar-refractivity contribution in [3.8, 4) is 0 Å². The summed E-state index contributed by atoms with van der Waals surface area (Å²) in [4.78, 5) is 14.3. The van der Waals surface area contributed by atoms with E-state index in [-0.39, 0.29) is 5.41 Å². The molecular weight excluding hydrogens is 338 g/mol. The van der Waals surface area contributed by atoms with Crippen molar-refractivity contribution in [2.75, 3.05) is 39.3 Å². The average Bonchev–Trinajstić information content (AvgIpc) is 3.29. The predicted octanol–water partition coefficient (Wildman–Crippen LogP) is 3.25. The van der Waals surface area contributed by atoms with E-state index in [1.54, 1.807) is 0 Å². The van der Waals surface area contributed by atoms with Crippen LogP contribution in [0.15, 0.2) is 15.6 Å². The molecule has 1 atom stereocenters. The SMILES string of the molecule is CCNC(=NCc1ncc(C(C)(C)C)o1)N1CCC(CN2CCCCC2)C1. The molecule has 1 aromatic heterocycles. The van der Waals surface area contributed by atoms with Crippen molar-refractivity contribution >= 4 is 5.96 Å². The van der Waals surface area contributed by atoms with Crippen molar-refractivity contribution in [2.24, 2.45) is 10.9 Å². The molecule has 0 bridgehead atoms. The smallest absolute Gasteiger partial charge is 0.216 e. The summed E-state index contributed by atoms with van der Waals surface area (Å²) < 4.78 is 5.89. The summed E-state index contributed by atoms with van der Waals surface area (Å²) in [5.41, 5.74) is -0.0178. The van der Waals surface area contributed by atoms with Crippen molar-refractivity contribution in [2.45, 2.75) is 65.3 Å². The fourth-order valence-electron chi connectivity index (χ4n) is 3.98. The normalized spacial score (nSPS) is 22.4. The lowest BCUT2D eigenvalue weighted by Crippen LogP contribution is -2.41. The van der Waals surface area contributed by atoms with E-state index >= 15 is 0 Å².